The van der Waals surface area contributed by atoms with E-state index in [1.54, 1.807) is 16.2 Å². The van der Waals surface area contributed by atoms with Crippen LogP contribution in [0.5, 0.6) is 0 Å². The van der Waals surface area contributed by atoms with Gasteiger partial charge < -0.3 is 4.90 Å². The van der Waals surface area contributed by atoms with Crippen LogP contribution in [0.3, 0.4) is 0 Å². The van der Waals surface area contributed by atoms with Gasteiger partial charge in [0.1, 0.15) is 10.8 Å². The maximum Gasteiger partial charge on any atom is 0.243 e. The standard InChI is InChI=1S/C23H25FN4O3S2/c24-17-7-9-18(10-8-17)33(30,31)28-14-12-26(13-15-28)22(29)16-27-11-3-5-20(27)23-25-19-4-1-2-6-21(19)32-23/h1-2,4,6-10,20H,3,5,11-16H2. The molecule has 0 aliphatic carbocycles. The Morgan fingerprint density at radius 2 is 1.76 bits per heavy atom. The number of carbonyl (C=O) groups excluding carboxylic acids is 1. The summed E-state index contributed by atoms with van der Waals surface area (Å²) in [4.78, 5) is 21.8. The molecule has 2 aliphatic rings. The maximum absolute atomic E-state index is 13.2. The molecule has 2 saturated heterocycles. The summed E-state index contributed by atoms with van der Waals surface area (Å²) in [5, 5.41) is 1.05. The highest BCUT2D eigenvalue weighted by Crippen LogP contribution is 2.36. The van der Waals surface area contributed by atoms with Crippen molar-refractivity contribution in [3.8, 4) is 0 Å². The quantitative estimate of drug-likeness (QED) is 0.552. The van der Waals surface area contributed by atoms with Gasteiger partial charge in [-0.3, -0.25) is 9.69 Å². The molecule has 1 amide bonds. The zero-order valence-corrected chi connectivity index (χ0v) is 19.7. The Labute approximate surface area is 196 Å². The Morgan fingerprint density at radius 3 is 2.48 bits per heavy atom. The van der Waals surface area contributed by atoms with Crippen molar-refractivity contribution in [2.24, 2.45) is 0 Å². The van der Waals surface area contributed by atoms with Gasteiger partial charge in [-0.1, -0.05) is 12.1 Å². The molecular weight excluding hydrogens is 463 g/mol. The number of likely N-dealkylation sites (tertiary alicyclic amines) is 1. The molecule has 5 rings (SSSR count). The van der Waals surface area contributed by atoms with Crippen LogP contribution in [0.15, 0.2) is 53.4 Å². The molecule has 174 valence electrons. The number of amides is 1. The van der Waals surface area contributed by atoms with Crippen molar-refractivity contribution in [3.05, 3.63) is 59.4 Å². The molecule has 1 unspecified atom stereocenters. The van der Waals surface area contributed by atoms with Gasteiger partial charge in [0.2, 0.25) is 15.9 Å². The smallest absolute Gasteiger partial charge is 0.243 e. The first-order valence-electron chi connectivity index (χ1n) is 11.0. The van der Waals surface area contributed by atoms with Gasteiger partial charge in [-0.25, -0.2) is 17.8 Å². The second-order valence-corrected chi connectivity index (χ2v) is 11.4. The van der Waals surface area contributed by atoms with Gasteiger partial charge in [0.25, 0.3) is 0 Å². The summed E-state index contributed by atoms with van der Waals surface area (Å²) in [5.41, 5.74) is 0.995. The third-order valence-corrected chi connectivity index (χ3v) is 9.39. The first-order valence-corrected chi connectivity index (χ1v) is 13.3. The summed E-state index contributed by atoms with van der Waals surface area (Å²) in [6.07, 6.45) is 2.01. The summed E-state index contributed by atoms with van der Waals surface area (Å²) >= 11 is 1.69. The van der Waals surface area contributed by atoms with Crippen molar-refractivity contribution in [1.29, 1.82) is 0 Å². The van der Waals surface area contributed by atoms with E-state index in [1.165, 1.54) is 16.4 Å². The van der Waals surface area contributed by atoms with Gasteiger partial charge in [-0.15, -0.1) is 11.3 Å². The molecule has 0 spiro atoms. The lowest BCUT2D eigenvalue weighted by Gasteiger charge is -2.35. The molecule has 0 saturated carbocycles. The van der Waals surface area contributed by atoms with E-state index < -0.39 is 15.8 Å². The van der Waals surface area contributed by atoms with Crippen LogP contribution >= 0.6 is 11.3 Å². The van der Waals surface area contributed by atoms with Gasteiger partial charge >= 0.3 is 0 Å². The number of thiazole rings is 1. The second kappa shape index (κ2) is 9.09. The van der Waals surface area contributed by atoms with E-state index in [0.29, 0.717) is 19.6 Å². The number of hydrogen-bond acceptors (Lipinski definition) is 6. The molecule has 2 aliphatic heterocycles. The summed E-state index contributed by atoms with van der Waals surface area (Å²) in [6, 6.07) is 13.1. The Balaban J connectivity index is 1.21. The van der Waals surface area contributed by atoms with Crippen molar-refractivity contribution in [1.82, 2.24) is 19.1 Å². The zero-order valence-electron chi connectivity index (χ0n) is 18.1. The molecule has 2 aromatic carbocycles. The van der Waals surface area contributed by atoms with E-state index in [4.69, 9.17) is 4.98 Å². The highest BCUT2D eigenvalue weighted by atomic mass is 32.2. The van der Waals surface area contributed by atoms with Crippen molar-refractivity contribution in [2.75, 3.05) is 39.3 Å². The Hall–Kier alpha value is -2.40. The predicted molar refractivity (Wildman–Crippen MR) is 125 cm³/mol. The average Bonchev–Trinajstić information content (AvgIpc) is 3.46. The number of piperazine rings is 1. The van der Waals surface area contributed by atoms with Gasteiger partial charge in [-0.2, -0.15) is 4.31 Å². The Kier molecular flexibility index (Phi) is 6.17. The minimum atomic E-state index is -3.70. The third kappa shape index (κ3) is 4.52. The number of halogens is 1. The van der Waals surface area contributed by atoms with Gasteiger partial charge in [0.15, 0.2) is 0 Å². The van der Waals surface area contributed by atoms with Crippen LogP contribution in [0, 0.1) is 5.82 Å². The van der Waals surface area contributed by atoms with Crippen LogP contribution in [-0.2, 0) is 14.8 Å². The fraction of sp³-hybridized carbons (Fsp3) is 0.391. The molecule has 0 N–H and O–H groups in total. The Morgan fingerprint density at radius 1 is 1.03 bits per heavy atom. The number of para-hydroxylation sites is 1. The molecule has 3 aromatic rings. The van der Waals surface area contributed by atoms with Gasteiger partial charge in [0.05, 0.1) is 27.7 Å². The molecule has 0 bridgehead atoms. The topological polar surface area (TPSA) is 73.8 Å². The van der Waals surface area contributed by atoms with Gasteiger partial charge in [-0.05, 0) is 55.8 Å². The van der Waals surface area contributed by atoms with Crippen LogP contribution in [0.2, 0.25) is 0 Å². The van der Waals surface area contributed by atoms with Crippen LogP contribution in [0.1, 0.15) is 23.9 Å². The van der Waals surface area contributed by atoms with E-state index in [0.717, 1.165) is 46.7 Å². The van der Waals surface area contributed by atoms with Crippen molar-refractivity contribution < 1.29 is 17.6 Å². The number of sulfonamides is 1. The van der Waals surface area contributed by atoms with E-state index in [9.17, 15) is 17.6 Å². The maximum atomic E-state index is 13.2. The fourth-order valence-electron chi connectivity index (χ4n) is 4.53. The number of carbonyl (C=O) groups is 1. The zero-order chi connectivity index (χ0) is 23.0. The first kappa shape index (κ1) is 22.4. The molecule has 3 heterocycles. The minimum absolute atomic E-state index is 0.0156. The van der Waals surface area contributed by atoms with E-state index in [-0.39, 0.29) is 29.9 Å². The van der Waals surface area contributed by atoms with Gasteiger partial charge in [0, 0.05) is 26.2 Å². The monoisotopic (exact) mass is 488 g/mol. The molecule has 10 heteroatoms. The average molecular weight is 489 g/mol. The summed E-state index contributed by atoms with van der Waals surface area (Å²) in [6.45, 7) is 2.31. The minimum Gasteiger partial charge on any atom is -0.339 e. The lowest BCUT2D eigenvalue weighted by atomic mass is 10.2. The second-order valence-electron chi connectivity index (χ2n) is 8.39. The molecule has 2 fully saturated rings. The molecule has 1 aromatic heterocycles. The number of fused-ring (bicyclic) bond motifs is 1. The summed E-state index contributed by atoms with van der Waals surface area (Å²) in [5.74, 6) is -0.461. The lowest BCUT2D eigenvalue weighted by molar-refractivity contribution is -0.133. The van der Waals surface area contributed by atoms with E-state index >= 15 is 0 Å². The number of benzene rings is 2. The number of aromatic nitrogens is 1. The predicted octanol–water partition coefficient (Wildman–Crippen LogP) is 3.11. The van der Waals surface area contributed by atoms with E-state index in [2.05, 4.69) is 11.0 Å². The number of nitrogens with zero attached hydrogens (tertiary/aromatic N) is 4. The van der Waals surface area contributed by atoms with Crippen molar-refractivity contribution in [2.45, 2.75) is 23.8 Å². The fourth-order valence-corrected chi connectivity index (χ4v) is 7.09. The summed E-state index contributed by atoms with van der Waals surface area (Å²) < 4.78 is 41.3. The number of hydrogen-bond donors (Lipinski definition) is 0. The molecule has 0 radical (unpaired) electrons. The van der Waals surface area contributed by atoms with Crippen molar-refractivity contribution >= 4 is 37.5 Å². The lowest BCUT2D eigenvalue weighted by Crippen LogP contribution is -2.52. The Bertz CT molecular complexity index is 1220. The summed E-state index contributed by atoms with van der Waals surface area (Å²) in [7, 11) is -3.70. The highest BCUT2D eigenvalue weighted by molar-refractivity contribution is 7.89. The SMILES string of the molecule is O=C(CN1CCCC1c1nc2ccccc2s1)N1CCN(S(=O)(=O)c2ccc(F)cc2)CC1. The van der Waals surface area contributed by atoms with Crippen LogP contribution < -0.4 is 0 Å². The highest BCUT2D eigenvalue weighted by Gasteiger charge is 2.34. The molecule has 33 heavy (non-hydrogen) atoms. The van der Waals surface area contributed by atoms with Crippen LogP contribution in [0.4, 0.5) is 4.39 Å². The first-order chi connectivity index (χ1) is 15.9. The third-order valence-electron chi connectivity index (χ3n) is 6.34. The van der Waals surface area contributed by atoms with E-state index in [1.807, 2.05) is 18.2 Å². The normalized spacial score (nSPS) is 20.5. The van der Waals surface area contributed by atoms with Crippen LogP contribution in [-0.4, -0.2) is 72.7 Å². The molecule has 7 nitrogen and oxygen atoms in total. The largest absolute Gasteiger partial charge is 0.339 e. The van der Waals surface area contributed by atoms with Crippen LogP contribution in [0.25, 0.3) is 10.2 Å². The molecule has 1 atom stereocenters. The number of rotatable bonds is 5. The molecular formula is C23H25FN4O3S2. The van der Waals surface area contributed by atoms with Crippen molar-refractivity contribution in [3.63, 3.8) is 0 Å².